The Kier molecular flexibility index (Phi) is 5.46. The van der Waals surface area contributed by atoms with Gasteiger partial charge in [0.1, 0.15) is 11.9 Å². The van der Waals surface area contributed by atoms with Crippen LogP contribution in [0.15, 0.2) is 42.5 Å². The molecule has 3 rings (SSSR count). The predicted molar refractivity (Wildman–Crippen MR) is 93.2 cm³/mol. The minimum absolute atomic E-state index is 0.0293. The summed E-state index contributed by atoms with van der Waals surface area (Å²) in [7, 11) is 0. The van der Waals surface area contributed by atoms with E-state index in [1.54, 1.807) is 0 Å². The molecule has 1 aliphatic heterocycles. The molecule has 1 aliphatic rings. The summed E-state index contributed by atoms with van der Waals surface area (Å²) < 4.78 is 52.9. The van der Waals surface area contributed by atoms with Crippen molar-refractivity contribution < 1.29 is 27.2 Å². The van der Waals surface area contributed by atoms with E-state index in [0.29, 0.717) is 22.7 Å². The highest BCUT2D eigenvalue weighted by molar-refractivity contribution is 6.30. The van der Waals surface area contributed by atoms with Crippen LogP contribution in [0.25, 0.3) is 0 Å². The van der Waals surface area contributed by atoms with E-state index in [4.69, 9.17) is 11.6 Å². The first-order chi connectivity index (χ1) is 13.1. The molecule has 0 unspecified atom stereocenters. The number of halogens is 5. The van der Waals surface area contributed by atoms with Gasteiger partial charge < -0.3 is 16.0 Å². The van der Waals surface area contributed by atoms with Crippen molar-refractivity contribution in [2.24, 2.45) is 0 Å². The van der Waals surface area contributed by atoms with Gasteiger partial charge in [-0.05, 0) is 35.4 Å². The Morgan fingerprint density at radius 2 is 1.79 bits per heavy atom. The molecule has 0 radical (unpaired) electrons. The molecule has 0 saturated carbocycles. The minimum Gasteiger partial charge on any atom is -0.343 e. The van der Waals surface area contributed by atoms with Crippen molar-refractivity contribution in [3.8, 4) is 0 Å². The van der Waals surface area contributed by atoms with Crippen LogP contribution in [0.1, 0.15) is 22.7 Å². The fourth-order valence-electron chi connectivity index (χ4n) is 2.81. The zero-order chi connectivity index (χ0) is 20.5. The maximum Gasteiger partial charge on any atom is 0.419 e. The summed E-state index contributed by atoms with van der Waals surface area (Å²) in [6.45, 7) is 0.0369. The molecular weight excluding hydrogens is 402 g/mol. The largest absolute Gasteiger partial charge is 0.419 e. The van der Waals surface area contributed by atoms with Crippen LogP contribution in [0, 0.1) is 5.82 Å². The van der Waals surface area contributed by atoms with Gasteiger partial charge in [-0.2, -0.15) is 13.2 Å². The second-order valence-corrected chi connectivity index (χ2v) is 6.57. The molecule has 28 heavy (non-hydrogen) atoms. The fourth-order valence-corrected chi connectivity index (χ4v) is 2.94. The first-order valence-electron chi connectivity index (χ1n) is 8.12. The lowest BCUT2D eigenvalue weighted by atomic mass is 9.96. The number of carbonyl (C=O) groups excluding carboxylic acids is 2. The third-order valence-corrected chi connectivity index (χ3v) is 4.46. The lowest BCUT2D eigenvalue weighted by molar-refractivity contribution is -0.140. The molecule has 3 N–H and O–H groups in total. The van der Waals surface area contributed by atoms with E-state index in [0.717, 1.165) is 6.07 Å². The number of amides is 3. The number of carbonyl (C=O) groups is 2. The summed E-state index contributed by atoms with van der Waals surface area (Å²) in [4.78, 5) is 23.7. The second kappa shape index (κ2) is 7.67. The average Bonchev–Trinajstić information content (AvgIpc) is 3.07. The number of rotatable bonds is 4. The normalized spacial score (nSPS) is 17.6. The van der Waals surface area contributed by atoms with Crippen molar-refractivity contribution in [3.05, 3.63) is 70.0 Å². The topological polar surface area (TPSA) is 70.2 Å². The average molecular weight is 416 g/mol. The first-order valence-corrected chi connectivity index (χ1v) is 8.50. The lowest BCUT2D eigenvalue weighted by Crippen LogP contribution is -2.44. The predicted octanol–water partition coefficient (Wildman–Crippen LogP) is 3.38. The maximum absolute atomic E-state index is 13.7. The first kappa shape index (κ1) is 19.9. The summed E-state index contributed by atoms with van der Waals surface area (Å²) >= 11 is 5.85. The van der Waals surface area contributed by atoms with E-state index in [1.165, 1.54) is 24.3 Å². The molecule has 2 aromatic carbocycles. The molecule has 1 saturated heterocycles. The number of benzene rings is 2. The van der Waals surface area contributed by atoms with Crippen LogP contribution < -0.4 is 16.0 Å². The molecule has 2 atom stereocenters. The van der Waals surface area contributed by atoms with Gasteiger partial charge in [-0.15, -0.1) is 0 Å². The van der Waals surface area contributed by atoms with Gasteiger partial charge in [0.2, 0.25) is 5.91 Å². The van der Waals surface area contributed by atoms with Gasteiger partial charge >= 0.3 is 12.2 Å². The van der Waals surface area contributed by atoms with Crippen molar-refractivity contribution in [2.75, 3.05) is 6.54 Å². The molecule has 148 valence electrons. The smallest absolute Gasteiger partial charge is 0.343 e. The van der Waals surface area contributed by atoms with Gasteiger partial charge in [0.05, 0.1) is 11.6 Å². The highest BCUT2D eigenvalue weighted by atomic mass is 35.5. The molecule has 2 aromatic rings. The second-order valence-electron chi connectivity index (χ2n) is 6.14. The molecule has 0 bridgehead atoms. The van der Waals surface area contributed by atoms with Crippen LogP contribution in [0.3, 0.4) is 0 Å². The highest BCUT2D eigenvalue weighted by Crippen LogP contribution is 2.34. The lowest BCUT2D eigenvalue weighted by Gasteiger charge is -2.23. The third kappa shape index (κ3) is 4.36. The van der Waals surface area contributed by atoms with Gasteiger partial charge in [0.15, 0.2) is 0 Å². The fraction of sp³-hybridized carbons (Fsp3) is 0.222. The maximum atomic E-state index is 13.7. The van der Waals surface area contributed by atoms with E-state index in [2.05, 4.69) is 16.0 Å². The van der Waals surface area contributed by atoms with Crippen LogP contribution in [0.4, 0.5) is 22.4 Å². The van der Waals surface area contributed by atoms with E-state index in [9.17, 15) is 27.2 Å². The summed E-state index contributed by atoms with van der Waals surface area (Å²) in [5.74, 6) is -2.01. The van der Waals surface area contributed by atoms with E-state index >= 15 is 0 Å². The summed E-state index contributed by atoms with van der Waals surface area (Å²) in [6.07, 6.45) is -4.89. The molecule has 1 fully saturated rings. The highest BCUT2D eigenvalue weighted by Gasteiger charge is 2.35. The van der Waals surface area contributed by atoms with Gasteiger partial charge in [-0.3, -0.25) is 4.79 Å². The third-order valence-electron chi connectivity index (χ3n) is 4.21. The SMILES string of the molecule is O=C1NC[C@@H](C(=O)N[C@@H](c2ccc(Cl)cc2)c2ccc(F)c(C(F)(F)F)c2)N1. The zero-order valence-corrected chi connectivity index (χ0v) is 14.9. The quantitative estimate of drug-likeness (QED) is 0.670. The van der Waals surface area contributed by atoms with Crippen molar-refractivity contribution >= 4 is 23.5 Å². The van der Waals surface area contributed by atoms with E-state index in [-0.39, 0.29) is 12.1 Å². The molecule has 0 aromatic heterocycles. The van der Waals surface area contributed by atoms with Crippen molar-refractivity contribution in [3.63, 3.8) is 0 Å². The molecular formula is C18H14ClF4N3O2. The standard InChI is InChI=1S/C18H14ClF4N3O2/c19-11-4-1-9(2-5-11)15(26-16(27)14-8-24-17(28)25-14)10-3-6-13(20)12(7-10)18(21,22)23/h1-7,14-15H,8H2,(H,26,27)(H2,24,25,28)/t14-,15-/m0/s1. The molecule has 10 heteroatoms. The number of urea groups is 1. The summed E-state index contributed by atoms with van der Waals surface area (Å²) in [5, 5.41) is 7.82. The summed E-state index contributed by atoms with van der Waals surface area (Å²) in [5.41, 5.74) is -0.967. The van der Waals surface area contributed by atoms with Crippen molar-refractivity contribution in [1.29, 1.82) is 0 Å². The molecule has 5 nitrogen and oxygen atoms in total. The molecule has 3 amide bonds. The molecule has 0 spiro atoms. The van der Waals surface area contributed by atoms with Gasteiger partial charge in [-0.1, -0.05) is 29.8 Å². The van der Waals surface area contributed by atoms with Crippen LogP contribution >= 0.6 is 11.6 Å². The Morgan fingerprint density at radius 1 is 1.14 bits per heavy atom. The van der Waals surface area contributed by atoms with Crippen molar-refractivity contribution in [2.45, 2.75) is 18.3 Å². The molecule has 1 heterocycles. The van der Waals surface area contributed by atoms with Crippen LogP contribution in [0.2, 0.25) is 5.02 Å². The van der Waals surface area contributed by atoms with Gasteiger partial charge in [-0.25, -0.2) is 9.18 Å². The van der Waals surface area contributed by atoms with E-state index in [1.807, 2.05) is 0 Å². The Bertz CT molecular complexity index is 903. The van der Waals surface area contributed by atoms with Crippen LogP contribution in [0.5, 0.6) is 0 Å². The van der Waals surface area contributed by atoms with E-state index < -0.39 is 41.6 Å². The van der Waals surface area contributed by atoms with Crippen LogP contribution in [-0.4, -0.2) is 24.5 Å². The summed E-state index contributed by atoms with van der Waals surface area (Å²) in [6, 6.07) is 6.21. The Hall–Kier alpha value is -2.81. The van der Waals surface area contributed by atoms with Crippen molar-refractivity contribution in [1.82, 2.24) is 16.0 Å². The number of hydrogen-bond acceptors (Lipinski definition) is 2. The number of nitrogens with one attached hydrogen (secondary N) is 3. The Morgan fingerprint density at radius 3 is 2.36 bits per heavy atom. The van der Waals surface area contributed by atoms with Gasteiger partial charge in [0, 0.05) is 11.6 Å². The monoisotopic (exact) mass is 415 g/mol. The zero-order valence-electron chi connectivity index (χ0n) is 14.1. The van der Waals surface area contributed by atoms with Crippen LogP contribution in [-0.2, 0) is 11.0 Å². The van der Waals surface area contributed by atoms with Gasteiger partial charge in [0.25, 0.3) is 0 Å². The number of alkyl halides is 3. The Balaban J connectivity index is 1.98. The minimum atomic E-state index is -4.89. The number of hydrogen-bond donors (Lipinski definition) is 3. The Labute approximate surface area is 162 Å². The molecule has 0 aliphatic carbocycles.